The molecular weight excluding hydrogens is 554 g/mol. The summed E-state index contributed by atoms with van der Waals surface area (Å²) >= 11 is 4.73. The minimum absolute atomic E-state index is 0.208. The Morgan fingerprint density at radius 2 is 1.81 bits per heavy atom. The molecule has 7 nitrogen and oxygen atoms in total. The highest BCUT2D eigenvalue weighted by molar-refractivity contribution is 9.10. The Morgan fingerprint density at radius 1 is 1.05 bits per heavy atom. The summed E-state index contributed by atoms with van der Waals surface area (Å²) in [5, 5.41) is -0.274. The van der Waals surface area contributed by atoms with Gasteiger partial charge in [0.1, 0.15) is 12.4 Å². The molecule has 0 bridgehead atoms. The zero-order chi connectivity index (χ0) is 25.9. The van der Waals surface area contributed by atoms with Gasteiger partial charge >= 0.3 is 0 Å². The highest BCUT2D eigenvalue weighted by atomic mass is 79.9. The van der Waals surface area contributed by atoms with Crippen molar-refractivity contribution in [3.63, 3.8) is 0 Å². The number of ether oxygens (including phenoxy) is 2. The second kappa shape index (κ2) is 11.2. The summed E-state index contributed by atoms with van der Waals surface area (Å²) in [6, 6.07) is 17.8. The molecule has 0 N–H and O–H groups in total. The highest BCUT2D eigenvalue weighted by Crippen LogP contribution is 2.35. The van der Waals surface area contributed by atoms with E-state index in [1.807, 2.05) is 56.3 Å². The van der Waals surface area contributed by atoms with Crippen LogP contribution >= 0.6 is 27.7 Å². The van der Waals surface area contributed by atoms with E-state index >= 15 is 0 Å². The number of halogens is 1. The molecule has 1 aromatic heterocycles. The number of carbonyl (C=O) groups is 2. The number of thioether (sulfide) groups is 1. The SMILES string of the molecule is Cc1cc(/C=C2\SC(=O)N(CCOc3ccccc3)C2=O)c(C)n1-c1ccc(N2CCOCC2)c(Br)c1. The molecule has 2 aliphatic heterocycles. The molecule has 5 rings (SSSR count). The van der Waals surface area contributed by atoms with Gasteiger partial charge in [-0.05, 0) is 89.6 Å². The van der Waals surface area contributed by atoms with Crippen LogP contribution in [-0.2, 0) is 9.53 Å². The molecule has 0 spiro atoms. The van der Waals surface area contributed by atoms with Gasteiger partial charge in [0.25, 0.3) is 11.1 Å². The predicted molar refractivity (Wildman–Crippen MR) is 151 cm³/mol. The first-order valence-electron chi connectivity index (χ1n) is 12.2. The molecule has 3 aromatic rings. The highest BCUT2D eigenvalue weighted by Gasteiger charge is 2.35. The van der Waals surface area contributed by atoms with Gasteiger partial charge < -0.3 is 18.9 Å². The Bertz CT molecular complexity index is 1350. The summed E-state index contributed by atoms with van der Waals surface area (Å²) in [5.41, 5.74) is 5.15. The second-order valence-corrected chi connectivity index (χ2v) is 10.7. The second-order valence-electron chi connectivity index (χ2n) is 8.89. The minimum Gasteiger partial charge on any atom is -0.492 e. The quantitative estimate of drug-likeness (QED) is 0.328. The Balaban J connectivity index is 1.32. The van der Waals surface area contributed by atoms with E-state index < -0.39 is 0 Å². The number of amides is 2. The first-order valence-corrected chi connectivity index (χ1v) is 13.8. The molecule has 0 saturated carbocycles. The lowest BCUT2D eigenvalue weighted by molar-refractivity contribution is -0.123. The van der Waals surface area contributed by atoms with Gasteiger partial charge in [-0.2, -0.15) is 0 Å². The number of aryl methyl sites for hydroxylation is 1. The first kappa shape index (κ1) is 25.6. The zero-order valence-electron chi connectivity index (χ0n) is 20.8. The number of aromatic nitrogens is 1. The first-order chi connectivity index (χ1) is 17.9. The molecule has 0 atom stereocenters. The topological polar surface area (TPSA) is 64.0 Å². The number of carbonyl (C=O) groups excluding carboxylic acids is 2. The Hall–Kier alpha value is -3.01. The molecule has 0 radical (unpaired) electrons. The zero-order valence-corrected chi connectivity index (χ0v) is 23.2. The summed E-state index contributed by atoms with van der Waals surface area (Å²) in [7, 11) is 0. The van der Waals surface area contributed by atoms with E-state index in [2.05, 4.69) is 43.6 Å². The smallest absolute Gasteiger partial charge is 0.293 e. The lowest BCUT2D eigenvalue weighted by Crippen LogP contribution is -2.36. The maximum absolute atomic E-state index is 13.0. The van der Waals surface area contributed by atoms with Crippen LogP contribution in [0.2, 0.25) is 0 Å². The van der Waals surface area contributed by atoms with Crippen LogP contribution in [0, 0.1) is 13.8 Å². The van der Waals surface area contributed by atoms with Gasteiger partial charge in [-0.15, -0.1) is 0 Å². The summed E-state index contributed by atoms with van der Waals surface area (Å²) in [6.07, 6.45) is 1.82. The van der Waals surface area contributed by atoms with Crippen molar-refractivity contribution >= 4 is 50.6 Å². The maximum Gasteiger partial charge on any atom is 0.293 e. The number of para-hydroxylation sites is 1. The van der Waals surface area contributed by atoms with Crippen LogP contribution in [0.3, 0.4) is 0 Å². The third kappa shape index (κ3) is 5.49. The summed E-state index contributed by atoms with van der Waals surface area (Å²) in [6.45, 7) is 7.74. The standard InChI is InChI=1S/C28H28BrN3O4S/c1-19-16-21(17-26-27(33)31(28(34)37-26)12-15-36-23-6-4-3-5-7-23)20(2)32(19)22-8-9-25(24(29)18-22)30-10-13-35-14-11-30/h3-9,16-18H,10-15H2,1-2H3/b26-17-. The Morgan fingerprint density at radius 3 is 2.54 bits per heavy atom. The molecule has 37 heavy (non-hydrogen) atoms. The Kier molecular flexibility index (Phi) is 7.73. The lowest BCUT2D eigenvalue weighted by atomic mass is 10.2. The molecule has 2 aliphatic rings. The van der Waals surface area contributed by atoms with Gasteiger partial charge in [0.2, 0.25) is 0 Å². The van der Waals surface area contributed by atoms with Crippen LogP contribution in [0.5, 0.6) is 5.75 Å². The number of benzene rings is 2. The summed E-state index contributed by atoms with van der Waals surface area (Å²) in [4.78, 5) is 29.6. The fraction of sp³-hybridized carbons (Fsp3) is 0.286. The van der Waals surface area contributed by atoms with E-state index in [1.54, 1.807) is 0 Å². The number of nitrogens with zero attached hydrogens (tertiary/aromatic N) is 3. The average Bonchev–Trinajstić information content (AvgIpc) is 3.33. The van der Waals surface area contributed by atoms with E-state index in [9.17, 15) is 9.59 Å². The number of morpholine rings is 1. The molecule has 2 amide bonds. The molecule has 3 heterocycles. The van der Waals surface area contributed by atoms with E-state index in [0.717, 1.165) is 70.9 Å². The van der Waals surface area contributed by atoms with E-state index in [0.29, 0.717) is 10.7 Å². The molecule has 192 valence electrons. The van der Waals surface area contributed by atoms with Crippen LogP contribution < -0.4 is 9.64 Å². The molecular formula is C28H28BrN3O4S. The largest absolute Gasteiger partial charge is 0.492 e. The lowest BCUT2D eigenvalue weighted by Gasteiger charge is -2.30. The molecule has 2 saturated heterocycles. The van der Waals surface area contributed by atoms with E-state index in [4.69, 9.17) is 9.47 Å². The maximum atomic E-state index is 13.0. The van der Waals surface area contributed by atoms with Crippen LogP contribution in [0.15, 0.2) is 64.0 Å². The van der Waals surface area contributed by atoms with Gasteiger partial charge in [0.05, 0.1) is 30.4 Å². The van der Waals surface area contributed by atoms with Crippen molar-refractivity contribution < 1.29 is 19.1 Å². The number of hydrogen-bond donors (Lipinski definition) is 0. The fourth-order valence-corrected chi connectivity index (χ4v) is 6.11. The normalized spacial score (nSPS) is 17.2. The molecule has 2 aromatic carbocycles. The van der Waals surface area contributed by atoms with Crippen molar-refractivity contribution in [2.45, 2.75) is 13.8 Å². The number of hydrogen-bond acceptors (Lipinski definition) is 6. The Labute approximate surface area is 229 Å². The van der Waals surface area contributed by atoms with Crippen molar-refractivity contribution in [3.8, 4) is 11.4 Å². The van der Waals surface area contributed by atoms with Crippen LogP contribution in [-0.4, -0.2) is 60.1 Å². The average molecular weight is 583 g/mol. The minimum atomic E-state index is -0.283. The summed E-state index contributed by atoms with van der Waals surface area (Å²) in [5.74, 6) is 0.427. The number of anilines is 1. The van der Waals surface area contributed by atoms with E-state index in [-0.39, 0.29) is 24.3 Å². The summed E-state index contributed by atoms with van der Waals surface area (Å²) < 4.78 is 14.3. The van der Waals surface area contributed by atoms with Crippen molar-refractivity contribution in [3.05, 3.63) is 80.9 Å². The van der Waals surface area contributed by atoms with Crippen molar-refractivity contribution in [2.75, 3.05) is 44.4 Å². The van der Waals surface area contributed by atoms with Gasteiger partial charge in [0.15, 0.2) is 0 Å². The van der Waals surface area contributed by atoms with Crippen LogP contribution in [0.25, 0.3) is 11.8 Å². The van der Waals surface area contributed by atoms with Crippen molar-refractivity contribution in [1.29, 1.82) is 0 Å². The molecule has 0 aliphatic carbocycles. The van der Waals surface area contributed by atoms with Crippen LogP contribution in [0.4, 0.5) is 10.5 Å². The molecule has 2 fully saturated rings. The predicted octanol–water partition coefficient (Wildman–Crippen LogP) is 5.81. The number of rotatable bonds is 7. The van der Waals surface area contributed by atoms with Crippen molar-refractivity contribution in [2.24, 2.45) is 0 Å². The van der Waals surface area contributed by atoms with Gasteiger partial charge in [-0.25, -0.2) is 0 Å². The molecule has 0 unspecified atom stereocenters. The van der Waals surface area contributed by atoms with Gasteiger partial charge in [0, 0.05) is 34.6 Å². The van der Waals surface area contributed by atoms with Gasteiger partial charge in [-0.3, -0.25) is 14.5 Å². The molecule has 9 heteroatoms. The van der Waals surface area contributed by atoms with Crippen LogP contribution in [0.1, 0.15) is 17.0 Å². The third-order valence-electron chi connectivity index (χ3n) is 6.50. The van der Waals surface area contributed by atoms with E-state index in [1.165, 1.54) is 4.90 Å². The third-order valence-corrected chi connectivity index (χ3v) is 8.04. The fourth-order valence-electron chi connectivity index (χ4n) is 4.63. The number of imide groups is 1. The monoisotopic (exact) mass is 581 g/mol. The van der Waals surface area contributed by atoms with Gasteiger partial charge in [-0.1, -0.05) is 18.2 Å². The van der Waals surface area contributed by atoms with Crippen molar-refractivity contribution in [1.82, 2.24) is 9.47 Å².